The summed E-state index contributed by atoms with van der Waals surface area (Å²) < 4.78 is 0. The summed E-state index contributed by atoms with van der Waals surface area (Å²) in [6, 6.07) is 4.15. The molecule has 112 valence electrons. The highest BCUT2D eigenvalue weighted by atomic mass is 16.6. The van der Waals surface area contributed by atoms with Gasteiger partial charge in [0, 0.05) is 23.2 Å². The summed E-state index contributed by atoms with van der Waals surface area (Å²) in [5.74, 6) is -1.67. The first-order valence-corrected chi connectivity index (χ1v) is 6.67. The molecule has 1 aromatic carbocycles. The molecule has 1 saturated carbocycles. The van der Waals surface area contributed by atoms with Gasteiger partial charge in [0.15, 0.2) is 0 Å². The zero-order valence-electron chi connectivity index (χ0n) is 11.5. The number of benzene rings is 1. The monoisotopic (exact) mass is 292 g/mol. The molecule has 1 aromatic rings. The Balaban J connectivity index is 2.10. The Hall–Kier alpha value is -2.44. The Morgan fingerprint density at radius 3 is 2.67 bits per heavy atom. The van der Waals surface area contributed by atoms with E-state index in [1.807, 2.05) is 0 Å². The van der Waals surface area contributed by atoms with Gasteiger partial charge in [-0.2, -0.15) is 0 Å². The quantitative estimate of drug-likeness (QED) is 0.650. The van der Waals surface area contributed by atoms with Gasteiger partial charge in [0.05, 0.1) is 10.8 Å². The highest BCUT2D eigenvalue weighted by Gasteiger charge is 2.31. The molecule has 2 N–H and O–H groups in total. The first-order valence-electron chi connectivity index (χ1n) is 6.67. The molecule has 21 heavy (non-hydrogen) atoms. The predicted molar refractivity (Wildman–Crippen MR) is 74.1 cm³/mol. The average Bonchev–Trinajstić information content (AvgIpc) is 2.87. The van der Waals surface area contributed by atoms with Crippen LogP contribution >= 0.6 is 0 Å². The van der Waals surface area contributed by atoms with Crippen LogP contribution in [0.3, 0.4) is 0 Å². The summed E-state index contributed by atoms with van der Waals surface area (Å²) in [5, 5.41) is 22.6. The fourth-order valence-corrected chi connectivity index (χ4v) is 2.67. The summed E-state index contributed by atoms with van der Waals surface area (Å²) >= 11 is 0. The molecule has 0 bridgehead atoms. The standard InChI is InChI=1S/C14H16N2O5/c1-8-11(3-2-4-12(8)16(20)21)13(17)15-10-6-5-9(7-10)14(18)19/h2-4,9-10H,5-7H2,1H3,(H,15,17)(H,18,19)/t9-,10+/m0/s1. The van der Waals surface area contributed by atoms with E-state index in [1.165, 1.54) is 25.1 Å². The molecule has 2 atom stereocenters. The fourth-order valence-electron chi connectivity index (χ4n) is 2.67. The van der Waals surface area contributed by atoms with Crippen LogP contribution in [0.15, 0.2) is 18.2 Å². The molecule has 0 aliphatic heterocycles. The van der Waals surface area contributed by atoms with Gasteiger partial charge in [-0.1, -0.05) is 6.07 Å². The average molecular weight is 292 g/mol. The van der Waals surface area contributed by atoms with Crippen LogP contribution in [-0.2, 0) is 4.79 Å². The number of rotatable bonds is 4. The minimum absolute atomic E-state index is 0.0996. The summed E-state index contributed by atoms with van der Waals surface area (Å²) in [5.41, 5.74) is 0.466. The summed E-state index contributed by atoms with van der Waals surface area (Å²) in [6.07, 6.45) is 1.54. The summed E-state index contributed by atoms with van der Waals surface area (Å²) in [6.45, 7) is 1.53. The Morgan fingerprint density at radius 2 is 2.10 bits per heavy atom. The topological polar surface area (TPSA) is 110 Å². The maximum atomic E-state index is 12.2. The number of carboxylic acid groups (broad SMARTS) is 1. The fraction of sp³-hybridized carbons (Fsp3) is 0.429. The van der Waals surface area contributed by atoms with Crippen molar-refractivity contribution in [3.05, 3.63) is 39.4 Å². The third-order valence-electron chi connectivity index (χ3n) is 3.86. The van der Waals surface area contributed by atoms with Crippen LogP contribution in [0.1, 0.15) is 35.2 Å². The number of nitrogens with zero attached hydrogens (tertiary/aromatic N) is 1. The molecule has 0 aromatic heterocycles. The minimum atomic E-state index is -0.849. The predicted octanol–water partition coefficient (Wildman–Crippen LogP) is 1.89. The van der Waals surface area contributed by atoms with E-state index < -0.39 is 22.7 Å². The van der Waals surface area contributed by atoms with E-state index in [9.17, 15) is 19.7 Å². The number of aliphatic carboxylic acids is 1. The second-order valence-corrected chi connectivity index (χ2v) is 5.23. The van der Waals surface area contributed by atoms with Crippen LogP contribution in [-0.4, -0.2) is 27.9 Å². The second kappa shape index (κ2) is 5.90. The SMILES string of the molecule is Cc1c(C(=O)N[C@@H]2CC[C@H](C(=O)O)C2)cccc1[N+](=O)[O-]. The van der Waals surface area contributed by atoms with Gasteiger partial charge >= 0.3 is 5.97 Å². The molecule has 7 nitrogen and oxygen atoms in total. The minimum Gasteiger partial charge on any atom is -0.481 e. The van der Waals surface area contributed by atoms with Gasteiger partial charge in [-0.05, 0) is 32.3 Å². The molecule has 0 unspecified atom stereocenters. The molecule has 0 heterocycles. The molecule has 7 heteroatoms. The second-order valence-electron chi connectivity index (χ2n) is 5.23. The third-order valence-corrected chi connectivity index (χ3v) is 3.86. The Morgan fingerprint density at radius 1 is 1.38 bits per heavy atom. The largest absolute Gasteiger partial charge is 0.481 e. The van der Waals surface area contributed by atoms with Crippen molar-refractivity contribution in [3.63, 3.8) is 0 Å². The van der Waals surface area contributed by atoms with E-state index in [2.05, 4.69) is 5.32 Å². The van der Waals surface area contributed by atoms with E-state index in [0.717, 1.165) is 0 Å². The maximum absolute atomic E-state index is 12.2. The van der Waals surface area contributed by atoms with E-state index in [-0.39, 0.29) is 17.3 Å². The van der Waals surface area contributed by atoms with Gasteiger partial charge in [-0.25, -0.2) is 0 Å². The zero-order chi connectivity index (χ0) is 15.6. The lowest BCUT2D eigenvalue weighted by Crippen LogP contribution is -2.33. The maximum Gasteiger partial charge on any atom is 0.306 e. The molecule has 1 aliphatic carbocycles. The Labute approximate surface area is 121 Å². The van der Waals surface area contributed by atoms with Gasteiger partial charge in [-0.15, -0.1) is 0 Å². The highest BCUT2D eigenvalue weighted by molar-refractivity contribution is 5.96. The van der Waals surface area contributed by atoms with E-state index in [1.54, 1.807) is 0 Å². The van der Waals surface area contributed by atoms with Gasteiger partial charge in [-0.3, -0.25) is 19.7 Å². The highest BCUT2D eigenvalue weighted by Crippen LogP contribution is 2.27. The molecule has 1 amide bonds. The molecule has 0 saturated heterocycles. The summed E-state index contributed by atoms with van der Waals surface area (Å²) in [7, 11) is 0. The molecular formula is C14H16N2O5. The molecule has 1 aliphatic rings. The van der Waals surface area contributed by atoms with Crippen LogP contribution in [0, 0.1) is 23.0 Å². The summed E-state index contributed by atoms with van der Waals surface area (Å²) in [4.78, 5) is 33.4. The van der Waals surface area contributed by atoms with Crippen molar-refractivity contribution in [2.24, 2.45) is 5.92 Å². The van der Waals surface area contributed by atoms with Crippen molar-refractivity contribution >= 4 is 17.6 Å². The molecular weight excluding hydrogens is 276 g/mol. The normalized spacial score (nSPS) is 21.0. The van der Waals surface area contributed by atoms with Crippen LogP contribution in [0.5, 0.6) is 0 Å². The van der Waals surface area contributed by atoms with Crippen molar-refractivity contribution in [1.29, 1.82) is 0 Å². The molecule has 0 radical (unpaired) electrons. The van der Waals surface area contributed by atoms with Crippen LogP contribution < -0.4 is 5.32 Å². The number of carbonyl (C=O) groups is 2. The van der Waals surface area contributed by atoms with Crippen molar-refractivity contribution in [3.8, 4) is 0 Å². The smallest absolute Gasteiger partial charge is 0.306 e. The number of carboxylic acids is 1. The lowest BCUT2D eigenvalue weighted by atomic mass is 10.1. The van der Waals surface area contributed by atoms with E-state index in [4.69, 9.17) is 5.11 Å². The van der Waals surface area contributed by atoms with Crippen LogP contribution in [0.2, 0.25) is 0 Å². The first-order chi connectivity index (χ1) is 9.90. The number of nitro groups is 1. The van der Waals surface area contributed by atoms with Crippen molar-refractivity contribution < 1.29 is 19.6 Å². The lowest BCUT2D eigenvalue weighted by Gasteiger charge is -2.13. The van der Waals surface area contributed by atoms with Crippen LogP contribution in [0.4, 0.5) is 5.69 Å². The third kappa shape index (κ3) is 3.18. The number of carbonyl (C=O) groups excluding carboxylic acids is 1. The molecule has 1 fully saturated rings. The Kier molecular flexibility index (Phi) is 4.21. The lowest BCUT2D eigenvalue weighted by molar-refractivity contribution is -0.385. The number of amides is 1. The number of nitrogens with one attached hydrogen (secondary N) is 1. The van der Waals surface area contributed by atoms with Gasteiger partial charge in [0.1, 0.15) is 0 Å². The van der Waals surface area contributed by atoms with E-state index >= 15 is 0 Å². The van der Waals surface area contributed by atoms with Gasteiger partial charge in [0.2, 0.25) is 0 Å². The molecule has 0 spiro atoms. The molecule has 2 rings (SSSR count). The van der Waals surface area contributed by atoms with E-state index in [0.29, 0.717) is 24.8 Å². The van der Waals surface area contributed by atoms with Crippen LogP contribution in [0.25, 0.3) is 0 Å². The van der Waals surface area contributed by atoms with Crippen molar-refractivity contribution in [1.82, 2.24) is 5.32 Å². The number of hydrogen-bond acceptors (Lipinski definition) is 4. The first kappa shape index (κ1) is 15.0. The van der Waals surface area contributed by atoms with Crippen molar-refractivity contribution in [2.75, 3.05) is 0 Å². The number of hydrogen-bond donors (Lipinski definition) is 2. The zero-order valence-corrected chi connectivity index (χ0v) is 11.5. The van der Waals surface area contributed by atoms with Gasteiger partial charge in [0.25, 0.3) is 11.6 Å². The Bertz CT molecular complexity index is 599. The number of nitro benzene ring substituents is 1. The van der Waals surface area contributed by atoms with Crippen molar-refractivity contribution in [2.45, 2.75) is 32.2 Å². The van der Waals surface area contributed by atoms with Gasteiger partial charge < -0.3 is 10.4 Å².